The number of aromatic nitrogens is 2. The van der Waals surface area contributed by atoms with Crippen LogP contribution in [-0.2, 0) is 0 Å². The van der Waals surface area contributed by atoms with E-state index in [1.807, 2.05) is 42.5 Å². The highest BCUT2D eigenvalue weighted by Gasteiger charge is 2.05. The van der Waals surface area contributed by atoms with E-state index in [4.69, 9.17) is 0 Å². The Morgan fingerprint density at radius 1 is 0.870 bits per heavy atom. The molecular weight excluding hydrogens is 352 g/mol. The summed E-state index contributed by atoms with van der Waals surface area (Å²) >= 11 is 3.52. The van der Waals surface area contributed by atoms with E-state index >= 15 is 0 Å². The van der Waals surface area contributed by atoms with Gasteiger partial charge in [-0.3, -0.25) is 0 Å². The van der Waals surface area contributed by atoms with E-state index < -0.39 is 0 Å². The van der Waals surface area contributed by atoms with Crippen LogP contribution in [0, 0.1) is 13.8 Å². The number of rotatable bonds is 4. The van der Waals surface area contributed by atoms with Crippen LogP contribution in [0.25, 0.3) is 0 Å². The van der Waals surface area contributed by atoms with E-state index in [-0.39, 0.29) is 0 Å². The Labute approximate surface area is 144 Å². The maximum Gasteiger partial charge on any atom is 0.229 e. The van der Waals surface area contributed by atoms with Crippen LogP contribution in [0.2, 0.25) is 0 Å². The SMILES string of the molecule is Cc1cccc(Nc2nccc(Nc3ccccc3Br)n2)c1C. The Balaban J connectivity index is 1.83. The zero-order valence-corrected chi connectivity index (χ0v) is 14.6. The van der Waals surface area contributed by atoms with Gasteiger partial charge in [0.25, 0.3) is 0 Å². The minimum absolute atomic E-state index is 0.566. The van der Waals surface area contributed by atoms with Crippen LogP contribution in [-0.4, -0.2) is 9.97 Å². The number of aryl methyl sites for hydroxylation is 1. The molecule has 2 N–H and O–H groups in total. The van der Waals surface area contributed by atoms with E-state index in [0.717, 1.165) is 21.7 Å². The Hall–Kier alpha value is -2.40. The predicted octanol–water partition coefficient (Wildman–Crippen LogP) is 5.34. The topological polar surface area (TPSA) is 49.8 Å². The second kappa shape index (κ2) is 6.79. The number of halogens is 1. The van der Waals surface area contributed by atoms with E-state index in [9.17, 15) is 0 Å². The van der Waals surface area contributed by atoms with Gasteiger partial charge >= 0.3 is 0 Å². The van der Waals surface area contributed by atoms with Gasteiger partial charge in [0.2, 0.25) is 5.95 Å². The van der Waals surface area contributed by atoms with E-state index in [1.54, 1.807) is 6.20 Å². The molecule has 1 aromatic heterocycles. The number of anilines is 4. The molecule has 0 radical (unpaired) electrons. The Kier molecular flexibility index (Phi) is 4.57. The molecule has 3 rings (SSSR count). The minimum Gasteiger partial charge on any atom is -0.339 e. The summed E-state index contributed by atoms with van der Waals surface area (Å²) in [4.78, 5) is 8.82. The molecule has 1 heterocycles. The van der Waals surface area contributed by atoms with Crippen LogP contribution < -0.4 is 10.6 Å². The fraction of sp³-hybridized carbons (Fsp3) is 0.111. The number of hydrogen-bond acceptors (Lipinski definition) is 4. The number of benzene rings is 2. The molecule has 0 saturated carbocycles. The normalized spacial score (nSPS) is 10.4. The van der Waals surface area contributed by atoms with Gasteiger partial charge in [-0.05, 0) is 65.2 Å². The van der Waals surface area contributed by atoms with Gasteiger partial charge in [0.1, 0.15) is 5.82 Å². The monoisotopic (exact) mass is 368 g/mol. The van der Waals surface area contributed by atoms with Crippen molar-refractivity contribution in [2.45, 2.75) is 13.8 Å². The molecule has 23 heavy (non-hydrogen) atoms. The quantitative estimate of drug-likeness (QED) is 0.652. The van der Waals surface area contributed by atoms with Crippen LogP contribution in [0.5, 0.6) is 0 Å². The van der Waals surface area contributed by atoms with Crippen LogP contribution in [0.15, 0.2) is 59.2 Å². The third kappa shape index (κ3) is 3.68. The number of hydrogen-bond donors (Lipinski definition) is 2. The summed E-state index contributed by atoms with van der Waals surface area (Å²) in [5, 5.41) is 6.57. The lowest BCUT2D eigenvalue weighted by atomic mass is 10.1. The first-order valence-electron chi connectivity index (χ1n) is 7.31. The smallest absolute Gasteiger partial charge is 0.229 e. The predicted molar refractivity (Wildman–Crippen MR) is 98.7 cm³/mol. The summed E-state index contributed by atoms with van der Waals surface area (Å²) in [5.74, 6) is 1.30. The van der Waals surface area contributed by atoms with Gasteiger partial charge in [-0.2, -0.15) is 4.98 Å². The third-order valence-corrected chi connectivity index (χ3v) is 4.33. The summed E-state index contributed by atoms with van der Waals surface area (Å²) < 4.78 is 0.989. The minimum atomic E-state index is 0.566. The van der Waals surface area contributed by atoms with Crippen LogP contribution in [0.4, 0.5) is 23.1 Å². The van der Waals surface area contributed by atoms with Gasteiger partial charge in [-0.25, -0.2) is 4.98 Å². The van der Waals surface area contributed by atoms with E-state index in [1.165, 1.54) is 11.1 Å². The van der Waals surface area contributed by atoms with Gasteiger partial charge in [0.15, 0.2) is 0 Å². The molecule has 4 nitrogen and oxygen atoms in total. The molecule has 0 bridgehead atoms. The van der Waals surface area contributed by atoms with Crippen molar-refractivity contribution in [3.8, 4) is 0 Å². The summed E-state index contributed by atoms with van der Waals surface area (Å²) in [6, 6.07) is 15.9. The molecule has 0 saturated heterocycles. The molecule has 116 valence electrons. The summed E-state index contributed by atoms with van der Waals surface area (Å²) in [5.41, 5.74) is 4.41. The highest BCUT2D eigenvalue weighted by Crippen LogP contribution is 2.25. The molecule has 0 amide bonds. The van der Waals surface area contributed by atoms with Gasteiger partial charge in [0.05, 0.1) is 5.69 Å². The van der Waals surface area contributed by atoms with Crippen molar-refractivity contribution in [3.63, 3.8) is 0 Å². The lowest BCUT2D eigenvalue weighted by molar-refractivity contribution is 1.16. The molecule has 0 unspecified atom stereocenters. The first-order valence-corrected chi connectivity index (χ1v) is 8.10. The van der Waals surface area contributed by atoms with Gasteiger partial charge in [-0.15, -0.1) is 0 Å². The molecule has 0 aliphatic rings. The summed E-state index contributed by atoms with van der Waals surface area (Å²) in [7, 11) is 0. The molecule has 5 heteroatoms. The van der Waals surface area contributed by atoms with Crippen molar-refractivity contribution in [1.29, 1.82) is 0 Å². The van der Waals surface area contributed by atoms with Crippen LogP contribution >= 0.6 is 15.9 Å². The standard InChI is InChI=1S/C18H17BrN4/c1-12-6-5-9-15(13(12)2)22-18-20-11-10-17(23-18)21-16-8-4-3-7-14(16)19/h3-11H,1-2H3,(H2,20,21,22,23). The molecule has 0 fully saturated rings. The highest BCUT2D eigenvalue weighted by atomic mass is 79.9. The van der Waals surface area contributed by atoms with Crippen molar-refractivity contribution >= 4 is 39.1 Å². The molecule has 0 aliphatic carbocycles. The fourth-order valence-electron chi connectivity index (χ4n) is 2.20. The van der Waals surface area contributed by atoms with Crippen molar-refractivity contribution in [2.24, 2.45) is 0 Å². The first-order chi connectivity index (χ1) is 11.1. The second-order valence-electron chi connectivity index (χ2n) is 5.24. The fourth-order valence-corrected chi connectivity index (χ4v) is 2.58. The van der Waals surface area contributed by atoms with Gasteiger partial charge in [0, 0.05) is 16.4 Å². The van der Waals surface area contributed by atoms with Gasteiger partial charge in [-0.1, -0.05) is 24.3 Å². The number of nitrogens with one attached hydrogen (secondary N) is 2. The molecule has 0 atom stereocenters. The van der Waals surface area contributed by atoms with Gasteiger partial charge < -0.3 is 10.6 Å². The second-order valence-corrected chi connectivity index (χ2v) is 6.10. The Morgan fingerprint density at radius 2 is 1.65 bits per heavy atom. The Morgan fingerprint density at radius 3 is 2.48 bits per heavy atom. The van der Waals surface area contributed by atoms with Crippen molar-refractivity contribution < 1.29 is 0 Å². The number of para-hydroxylation sites is 1. The summed E-state index contributed by atoms with van der Waals surface area (Å²) in [6.07, 6.45) is 1.74. The maximum absolute atomic E-state index is 4.52. The first kappa shape index (κ1) is 15.5. The van der Waals surface area contributed by atoms with Crippen molar-refractivity contribution in [1.82, 2.24) is 9.97 Å². The molecule has 3 aromatic rings. The largest absolute Gasteiger partial charge is 0.339 e. The molecule has 0 aliphatic heterocycles. The zero-order chi connectivity index (χ0) is 16.2. The van der Waals surface area contributed by atoms with Crippen LogP contribution in [0.3, 0.4) is 0 Å². The lowest BCUT2D eigenvalue weighted by Gasteiger charge is -2.12. The summed E-state index contributed by atoms with van der Waals surface area (Å²) in [6.45, 7) is 4.17. The number of nitrogens with zero attached hydrogens (tertiary/aromatic N) is 2. The maximum atomic E-state index is 4.52. The van der Waals surface area contributed by atoms with Crippen molar-refractivity contribution in [3.05, 3.63) is 70.3 Å². The molecule has 2 aromatic carbocycles. The Bertz CT molecular complexity index is 833. The molecular formula is C18H17BrN4. The lowest BCUT2D eigenvalue weighted by Crippen LogP contribution is -2.02. The van der Waals surface area contributed by atoms with E-state index in [0.29, 0.717) is 5.95 Å². The third-order valence-electron chi connectivity index (χ3n) is 3.64. The van der Waals surface area contributed by atoms with Crippen LogP contribution in [0.1, 0.15) is 11.1 Å². The van der Waals surface area contributed by atoms with Crippen molar-refractivity contribution in [2.75, 3.05) is 10.6 Å². The average Bonchev–Trinajstić information content (AvgIpc) is 2.55. The average molecular weight is 369 g/mol. The zero-order valence-electron chi connectivity index (χ0n) is 13.0. The highest BCUT2D eigenvalue weighted by molar-refractivity contribution is 9.10. The molecule has 0 spiro atoms. The van der Waals surface area contributed by atoms with E-state index in [2.05, 4.69) is 56.4 Å².